The van der Waals surface area contributed by atoms with Crippen LogP contribution in [0.1, 0.15) is 11.1 Å². The highest BCUT2D eigenvalue weighted by atomic mass is 16.6. The molecule has 4 heteroatoms. The van der Waals surface area contributed by atoms with E-state index in [9.17, 15) is 0 Å². The first kappa shape index (κ1) is 13.6. The Morgan fingerprint density at radius 3 is 2.00 bits per heavy atom. The molecule has 0 aromatic heterocycles. The molecule has 2 aliphatic rings. The summed E-state index contributed by atoms with van der Waals surface area (Å²) >= 11 is 0. The zero-order valence-electron chi connectivity index (χ0n) is 12.4. The Hall–Kier alpha value is -2.04. The molecule has 2 saturated heterocycles. The van der Waals surface area contributed by atoms with E-state index in [1.807, 2.05) is 18.2 Å². The van der Waals surface area contributed by atoms with Crippen molar-refractivity contribution in [2.24, 2.45) is 0 Å². The van der Waals surface area contributed by atoms with Gasteiger partial charge in [0.05, 0.1) is 25.4 Å². The van der Waals surface area contributed by atoms with Crippen LogP contribution in [0, 0.1) is 0 Å². The highest BCUT2D eigenvalue weighted by Crippen LogP contribution is 2.35. The SMILES string of the molecule is Nc1ccc(-c2ccc(N)c(CC3CO3)c2CC2CO2)cc1. The summed E-state index contributed by atoms with van der Waals surface area (Å²) in [5.74, 6) is 0. The summed E-state index contributed by atoms with van der Waals surface area (Å²) in [6.07, 6.45) is 2.44. The molecule has 114 valence electrons. The number of nitrogens with two attached hydrogens (primary N) is 2. The summed E-state index contributed by atoms with van der Waals surface area (Å²) in [5.41, 5.74) is 18.6. The number of anilines is 2. The molecule has 0 bridgehead atoms. The fourth-order valence-corrected chi connectivity index (χ4v) is 2.95. The first-order chi connectivity index (χ1) is 10.7. The summed E-state index contributed by atoms with van der Waals surface area (Å²) in [6, 6.07) is 12.1. The lowest BCUT2D eigenvalue weighted by molar-refractivity contribution is 0.402. The minimum Gasteiger partial charge on any atom is -0.399 e. The summed E-state index contributed by atoms with van der Waals surface area (Å²) in [6.45, 7) is 1.68. The van der Waals surface area contributed by atoms with E-state index in [-0.39, 0.29) is 0 Å². The van der Waals surface area contributed by atoms with Gasteiger partial charge in [-0.1, -0.05) is 18.2 Å². The van der Waals surface area contributed by atoms with Crippen molar-refractivity contribution in [3.05, 3.63) is 47.5 Å². The van der Waals surface area contributed by atoms with Crippen LogP contribution in [-0.4, -0.2) is 25.4 Å². The van der Waals surface area contributed by atoms with Gasteiger partial charge in [-0.15, -0.1) is 0 Å². The zero-order valence-corrected chi connectivity index (χ0v) is 12.4. The van der Waals surface area contributed by atoms with Crippen molar-refractivity contribution in [2.45, 2.75) is 25.0 Å². The van der Waals surface area contributed by atoms with Gasteiger partial charge in [0, 0.05) is 24.2 Å². The Bertz CT molecular complexity index is 689. The molecule has 0 saturated carbocycles. The van der Waals surface area contributed by atoms with Crippen molar-refractivity contribution >= 4 is 11.4 Å². The van der Waals surface area contributed by atoms with E-state index in [1.54, 1.807) is 0 Å². The maximum atomic E-state index is 6.25. The topological polar surface area (TPSA) is 77.1 Å². The van der Waals surface area contributed by atoms with E-state index in [1.165, 1.54) is 22.3 Å². The van der Waals surface area contributed by atoms with Crippen LogP contribution in [0.2, 0.25) is 0 Å². The number of hydrogen-bond acceptors (Lipinski definition) is 4. The molecule has 4 N–H and O–H groups in total. The molecule has 4 rings (SSSR count). The Kier molecular flexibility index (Phi) is 3.28. The number of epoxide rings is 2. The van der Waals surface area contributed by atoms with Crippen molar-refractivity contribution in [2.75, 3.05) is 24.7 Å². The van der Waals surface area contributed by atoms with Gasteiger partial charge >= 0.3 is 0 Å². The van der Waals surface area contributed by atoms with Crippen LogP contribution in [-0.2, 0) is 22.3 Å². The maximum absolute atomic E-state index is 6.25. The van der Waals surface area contributed by atoms with Crippen LogP contribution in [0.3, 0.4) is 0 Å². The molecule has 22 heavy (non-hydrogen) atoms. The smallest absolute Gasteiger partial charge is 0.0851 e. The van der Waals surface area contributed by atoms with E-state index < -0.39 is 0 Å². The third-order valence-corrected chi connectivity index (χ3v) is 4.36. The van der Waals surface area contributed by atoms with Crippen LogP contribution in [0.5, 0.6) is 0 Å². The summed E-state index contributed by atoms with van der Waals surface area (Å²) in [4.78, 5) is 0. The third-order valence-electron chi connectivity index (χ3n) is 4.36. The summed E-state index contributed by atoms with van der Waals surface area (Å²) < 4.78 is 10.8. The Labute approximate surface area is 130 Å². The molecule has 2 heterocycles. The van der Waals surface area contributed by atoms with Gasteiger partial charge in [-0.2, -0.15) is 0 Å². The number of rotatable bonds is 5. The van der Waals surface area contributed by atoms with Crippen LogP contribution in [0.15, 0.2) is 36.4 Å². The lowest BCUT2D eigenvalue weighted by Gasteiger charge is -2.17. The van der Waals surface area contributed by atoms with Crippen molar-refractivity contribution in [1.29, 1.82) is 0 Å². The molecular formula is C18H20N2O2. The van der Waals surface area contributed by atoms with Crippen molar-refractivity contribution < 1.29 is 9.47 Å². The molecule has 0 amide bonds. The predicted molar refractivity (Wildman–Crippen MR) is 87.6 cm³/mol. The minimum atomic E-state index is 0.322. The molecule has 4 nitrogen and oxygen atoms in total. The molecule has 2 unspecified atom stereocenters. The fraction of sp³-hybridized carbons (Fsp3) is 0.333. The van der Waals surface area contributed by atoms with Gasteiger partial charge < -0.3 is 20.9 Å². The third kappa shape index (κ3) is 2.80. The van der Waals surface area contributed by atoms with E-state index in [0.717, 1.165) is 37.4 Å². The number of benzene rings is 2. The minimum absolute atomic E-state index is 0.322. The molecule has 0 radical (unpaired) electrons. The Balaban J connectivity index is 1.79. The van der Waals surface area contributed by atoms with Crippen LogP contribution >= 0.6 is 0 Å². The Morgan fingerprint density at radius 1 is 0.818 bits per heavy atom. The van der Waals surface area contributed by atoms with Gasteiger partial charge in [0.1, 0.15) is 0 Å². The van der Waals surface area contributed by atoms with E-state index >= 15 is 0 Å². The largest absolute Gasteiger partial charge is 0.399 e. The average molecular weight is 296 g/mol. The van der Waals surface area contributed by atoms with Crippen LogP contribution < -0.4 is 11.5 Å². The van der Waals surface area contributed by atoms with Crippen LogP contribution in [0.25, 0.3) is 11.1 Å². The predicted octanol–water partition coefficient (Wildman–Crippen LogP) is 2.40. The standard InChI is InChI=1S/C18H20N2O2/c19-12-3-1-11(2-4-12)15-5-6-18(20)17(8-14-10-22-14)16(15)7-13-9-21-13/h1-6,13-14H,7-10,19-20H2. The van der Waals surface area contributed by atoms with Gasteiger partial charge in [0.25, 0.3) is 0 Å². The lowest BCUT2D eigenvalue weighted by atomic mass is 9.89. The van der Waals surface area contributed by atoms with E-state index in [0.29, 0.717) is 12.2 Å². The van der Waals surface area contributed by atoms with Crippen molar-refractivity contribution in [3.63, 3.8) is 0 Å². The van der Waals surface area contributed by atoms with Crippen molar-refractivity contribution in [3.8, 4) is 11.1 Å². The van der Waals surface area contributed by atoms with Gasteiger partial charge in [0.2, 0.25) is 0 Å². The Morgan fingerprint density at radius 2 is 1.41 bits per heavy atom. The number of ether oxygens (including phenoxy) is 2. The quantitative estimate of drug-likeness (QED) is 0.656. The van der Waals surface area contributed by atoms with Crippen LogP contribution in [0.4, 0.5) is 11.4 Å². The maximum Gasteiger partial charge on any atom is 0.0851 e. The molecule has 0 aliphatic carbocycles. The number of nitrogen functional groups attached to an aromatic ring is 2. The molecule has 0 spiro atoms. The van der Waals surface area contributed by atoms with Gasteiger partial charge in [-0.3, -0.25) is 0 Å². The second kappa shape index (κ2) is 5.30. The number of hydrogen-bond donors (Lipinski definition) is 2. The molecule has 2 fully saturated rings. The highest BCUT2D eigenvalue weighted by molar-refractivity contribution is 5.74. The van der Waals surface area contributed by atoms with Gasteiger partial charge in [0.15, 0.2) is 0 Å². The molecule has 2 aromatic carbocycles. The first-order valence-corrected chi connectivity index (χ1v) is 7.70. The van der Waals surface area contributed by atoms with E-state index in [2.05, 4.69) is 18.2 Å². The second-order valence-electron chi connectivity index (χ2n) is 6.10. The van der Waals surface area contributed by atoms with Crippen molar-refractivity contribution in [1.82, 2.24) is 0 Å². The molecule has 2 atom stereocenters. The molecule has 2 aromatic rings. The average Bonchev–Trinajstić information content (AvgIpc) is 3.40. The summed E-state index contributed by atoms with van der Waals surface area (Å²) in [7, 11) is 0. The lowest BCUT2D eigenvalue weighted by Crippen LogP contribution is -2.08. The highest BCUT2D eigenvalue weighted by Gasteiger charge is 2.29. The molecule has 2 aliphatic heterocycles. The fourth-order valence-electron chi connectivity index (χ4n) is 2.95. The normalized spacial score (nSPS) is 22.5. The molecular weight excluding hydrogens is 276 g/mol. The first-order valence-electron chi connectivity index (χ1n) is 7.70. The summed E-state index contributed by atoms with van der Waals surface area (Å²) in [5, 5.41) is 0. The zero-order chi connectivity index (χ0) is 15.1. The van der Waals surface area contributed by atoms with Gasteiger partial charge in [-0.05, 0) is 40.5 Å². The monoisotopic (exact) mass is 296 g/mol. The van der Waals surface area contributed by atoms with E-state index in [4.69, 9.17) is 20.9 Å². The van der Waals surface area contributed by atoms with Gasteiger partial charge in [-0.25, -0.2) is 0 Å². The second-order valence-corrected chi connectivity index (χ2v) is 6.10.